The van der Waals surface area contributed by atoms with Crippen molar-refractivity contribution in [1.29, 1.82) is 0 Å². The summed E-state index contributed by atoms with van der Waals surface area (Å²) in [4.78, 5) is 12.6. The lowest BCUT2D eigenvalue weighted by molar-refractivity contribution is -0.120. The van der Waals surface area contributed by atoms with E-state index >= 15 is 0 Å². The molecule has 146 valence electrons. The Morgan fingerprint density at radius 2 is 1.59 bits per heavy atom. The number of aryl methyl sites for hydroxylation is 1. The number of hydrogen-bond acceptors (Lipinski definition) is 3. The van der Waals surface area contributed by atoms with Gasteiger partial charge in [-0.1, -0.05) is 43.1 Å². The summed E-state index contributed by atoms with van der Waals surface area (Å²) in [7, 11) is -3.91. The normalized spacial score (nSPS) is 12.7. The van der Waals surface area contributed by atoms with E-state index in [1.807, 2.05) is 27.7 Å². The van der Waals surface area contributed by atoms with E-state index in [1.165, 1.54) is 0 Å². The molecule has 0 spiro atoms. The Morgan fingerprint density at radius 3 is 2.11 bits per heavy atom. The van der Waals surface area contributed by atoms with Crippen LogP contribution in [0.3, 0.4) is 0 Å². The molecule has 2 rings (SSSR count). The van der Waals surface area contributed by atoms with E-state index in [2.05, 4.69) is 5.32 Å². The molecule has 0 aromatic heterocycles. The first-order valence-corrected chi connectivity index (χ1v) is 10.6. The Morgan fingerprint density at radius 1 is 1.04 bits per heavy atom. The number of halogens is 1. The molecule has 0 aliphatic carbocycles. The Kier molecular flexibility index (Phi) is 6.89. The molecule has 0 bridgehead atoms. The first-order chi connectivity index (χ1) is 12.6. The molecule has 1 unspecified atom stereocenters. The highest BCUT2D eigenvalue weighted by Gasteiger charge is 2.27. The van der Waals surface area contributed by atoms with Gasteiger partial charge in [0.15, 0.2) is 0 Å². The van der Waals surface area contributed by atoms with Crippen molar-refractivity contribution in [2.45, 2.75) is 38.6 Å². The quantitative estimate of drug-likeness (QED) is 0.752. The first-order valence-electron chi connectivity index (χ1n) is 8.75. The second-order valence-corrected chi connectivity index (χ2v) is 9.20. The highest BCUT2D eigenvalue weighted by atomic mass is 35.5. The average molecular weight is 409 g/mol. The lowest BCUT2D eigenvalue weighted by Crippen LogP contribution is -2.45. The number of rotatable bonds is 7. The van der Waals surface area contributed by atoms with Crippen molar-refractivity contribution in [1.82, 2.24) is 5.32 Å². The Balaban J connectivity index is 2.39. The van der Waals surface area contributed by atoms with Gasteiger partial charge < -0.3 is 5.32 Å². The average Bonchev–Trinajstić information content (AvgIpc) is 2.60. The summed E-state index contributed by atoms with van der Waals surface area (Å²) in [5, 5.41) is 3.34. The maximum Gasteiger partial charge on any atom is 0.264 e. The maximum atomic E-state index is 13.2. The summed E-state index contributed by atoms with van der Waals surface area (Å²) in [6.45, 7) is 7.45. The van der Waals surface area contributed by atoms with Crippen LogP contribution in [0.5, 0.6) is 0 Å². The van der Waals surface area contributed by atoms with Crippen molar-refractivity contribution in [3.05, 3.63) is 59.1 Å². The van der Waals surface area contributed by atoms with Gasteiger partial charge in [-0.05, 0) is 56.2 Å². The van der Waals surface area contributed by atoms with Crippen LogP contribution in [-0.2, 0) is 14.8 Å². The van der Waals surface area contributed by atoms with Gasteiger partial charge in [-0.3, -0.25) is 9.10 Å². The summed E-state index contributed by atoms with van der Waals surface area (Å²) in [5.74, 6) is -0.117. The standard InChI is InChI=1S/C20H25ClN2O3S/c1-14(2)16(4)22-20(24)13-23(18-9-7-17(21)8-10-18)27(25,26)19-11-5-15(3)6-12-19/h5-12,14,16H,13H2,1-4H3,(H,22,24). The summed E-state index contributed by atoms with van der Waals surface area (Å²) in [5.41, 5.74) is 1.34. The molecule has 0 saturated heterocycles. The summed E-state index contributed by atoms with van der Waals surface area (Å²) >= 11 is 5.93. The zero-order chi connectivity index (χ0) is 20.2. The van der Waals surface area contributed by atoms with E-state index in [4.69, 9.17) is 11.6 Å². The van der Waals surface area contributed by atoms with Gasteiger partial charge >= 0.3 is 0 Å². The fourth-order valence-corrected chi connectivity index (χ4v) is 3.90. The van der Waals surface area contributed by atoms with Crippen molar-refractivity contribution in [3.63, 3.8) is 0 Å². The van der Waals surface area contributed by atoms with Crippen molar-refractivity contribution < 1.29 is 13.2 Å². The number of hydrogen-bond donors (Lipinski definition) is 1. The molecule has 0 saturated carbocycles. The molecule has 1 amide bonds. The monoisotopic (exact) mass is 408 g/mol. The minimum atomic E-state index is -3.91. The van der Waals surface area contributed by atoms with Gasteiger partial charge in [0.2, 0.25) is 5.91 Å². The van der Waals surface area contributed by atoms with Gasteiger partial charge in [0.1, 0.15) is 6.54 Å². The van der Waals surface area contributed by atoms with Crippen molar-refractivity contribution >= 4 is 33.2 Å². The van der Waals surface area contributed by atoms with Crippen LogP contribution in [0.4, 0.5) is 5.69 Å². The molecular formula is C20H25ClN2O3S. The second kappa shape index (κ2) is 8.76. The van der Waals surface area contributed by atoms with Crippen molar-refractivity contribution in [3.8, 4) is 0 Å². The summed E-state index contributed by atoms with van der Waals surface area (Å²) in [6, 6.07) is 12.9. The molecule has 1 atom stereocenters. The second-order valence-electron chi connectivity index (χ2n) is 6.90. The molecule has 0 fully saturated rings. The third-order valence-corrected chi connectivity index (χ3v) is 6.44. The molecule has 0 aliphatic heterocycles. The Hall–Kier alpha value is -2.05. The zero-order valence-electron chi connectivity index (χ0n) is 15.9. The van der Waals surface area contributed by atoms with Gasteiger partial charge in [-0.2, -0.15) is 0 Å². The van der Waals surface area contributed by atoms with E-state index in [1.54, 1.807) is 48.5 Å². The van der Waals surface area contributed by atoms with Gasteiger partial charge in [-0.15, -0.1) is 0 Å². The molecule has 27 heavy (non-hydrogen) atoms. The summed E-state index contributed by atoms with van der Waals surface area (Å²) < 4.78 is 27.5. The van der Waals surface area contributed by atoms with Gasteiger partial charge in [0, 0.05) is 11.1 Å². The van der Waals surface area contributed by atoms with Crippen molar-refractivity contribution in [2.75, 3.05) is 10.8 Å². The van der Waals surface area contributed by atoms with Crippen LogP contribution < -0.4 is 9.62 Å². The van der Waals surface area contributed by atoms with E-state index in [0.717, 1.165) is 9.87 Å². The largest absolute Gasteiger partial charge is 0.352 e. The third kappa shape index (κ3) is 5.47. The number of carbonyl (C=O) groups excluding carboxylic acids is 1. The molecule has 0 radical (unpaired) electrons. The molecule has 7 heteroatoms. The molecule has 0 heterocycles. The van der Waals surface area contributed by atoms with Gasteiger partial charge in [0.25, 0.3) is 10.0 Å². The number of carbonyl (C=O) groups is 1. The van der Waals surface area contributed by atoms with E-state index in [0.29, 0.717) is 10.7 Å². The van der Waals surface area contributed by atoms with E-state index in [-0.39, 0.29) is 29.3 Å². The fourth-order valence-electron chi connectivity index (χ4n) is 2.36. The van der Waals surface area contributed by atoms with Gasteiger partial charge in [-0.25, -0.2) is 8.42 Å². The lowest BCUT2D eigenvalue weighted by atomic mass is 10.1. The molecule has 5 nitrogen and oxygen atoms in total. The predicted molar refractivity (Wildman–Crippen MR) is 110 cm³/mol. The zero-order valence-corrected chi connectivity index (χ0v) is 17.5. The lowest BCUT2D eigenvalue weighted by Gasteiger charge is -2.26. The van der Waals surface area contributed by atoms with E-state index in [9.17, 15) is 13.2 Å². The molecular weight excluding hydrogens is 384 g/mol. The van der Waals surface area contributed by atoms with Crippen LogP contribution in [0.2, 0.25) is 5.02 Å². The third-order valence-electron chi connectivity index (χ3n) is 4.40. The number of anilines is 1. The maximum absolute atomic E-state index is 13.2. The predicted octanol–water partition coefficient (Wildman–Crippen LogP) is 4.00. The SMILES string of the molecule is Cc1ccc(S(=O)(=O)N(CC(=O)NC(C)C(C)C)c2ccc(Cl)cc2)cc1. The topological polar surface area (TPSA) is 66.5 Å². The van der Waals surface area contributed by atoms with Crippen LogP contribution >= 0.6 is 11.6 Å². The highest BCUT2D eigenvalue weighted by molar-refractivity contribution is 7.92. The Labute approximate surface area is 166 Å². The number of nitrogens with one attached hydrogen (secondary N) is 1. The fraction of sp³-hybridized carbons (Fsp3) is 0.350. The van der Waals surface area contributed by atoms with Crippen molar-refractivity contribution in [2.24, 2.45) is 5.92 Å². The number of nitrogens with zero attached hydrogens (tertiary/aromatic N) is 1. The number of benzene rings is 2. The van der Waals surface area contributed by atoms with Crippen LogP contribution in [0.15, 0.2) is 53.4 Å². The molecule has 1 N–H and O–H groups in total. The molecule has 2 aromatic carbocycles. The van der Waals surface area contributed by atoms with E-state index < -0.39 is 10.0 Å². The Bertz CT molecular complexity index is 878. The van der Waals surface area contributed by atoms with Crippen LogP contribution in [0.1, 0.15) is 26.3 Å². The smallest absolute Gasteiger partial charge is 0.264 e. The minimum absolute atomic E-state index is 0.0633. The van der Waals surface area contributed by atoms with Gasteiger partial charge in [0.05, 0.1) is 10.6 Å². The van der Waals surface area contributed by atoms with Crippen LogP contribution in [0, 0.1) is 12.8 Å². The number of sulfonamides is 1. The highest BCUT2D eigenvalue weighted by Crippen LogP contribution is 2.25. The number of amides is 1. The summed E-state index contributed by atoms with van der Waals surface area (Å²) in [6.07, 6.45) is 0. The molecule has 0 aliphatic rings. The van der Waals surface area contributed by atoms with Crippen LogP contribution in [0.25, 0.3) is 0 Å². The first kappa shape index (κ1) is 21.3. The van der Waals surface area contributed by atoms with Crippen LogP contribution in [-0.4, -0.2) is 26.9 Å². The molecule has 2 aromatic rings. The minimum Gasteiger partial charge on any atom is -0.352 e.